The Morgan fingerprint density at radius 2 is 1.89 bits per heavy atom. The number of halogens is 3. The lowest BCUT2D eigenvalue weighted by Crippen LogP contribution is -2.43. The van der Waals surface area contributed by atoms with Crippen LogP contribution in [0.15, 0.2) is 27.6 Å². The second-order valence-corrected chi connectivity index (χ2v) is 7.63. The van der Waals surface area contributed by atoms with Gasteiger partial charge < -0.3 is 15.1 Å². The lowest BCUT2D eigenvalue weighted by Gasteiger charge is -2.27. The summed E-state index contributed by atoms with van der Waals surface area (Å²) in [5.41, 5.74) is 1.85. The summed E-state index contributed by atoms with van der Waals surface area (Å²) >= 11 is 12.2. The number of aromatic nitrogens is 1. The molecular weight excluding hydrogens is 498 g/mol. The molecule has 0 aliphatic carbocycles. The predicted octanol–water partition coefficient (Wildman–Crippen LogP) is 5.25. The van der Waals surface area contributed by atoms with Gasteiger partial charge in [-0.1, -0.05) is 43.1 Å². The summed E-state index contributed by atoms with van der Waals surface area (Å²) in [4.78, 5) is 8.92. The normalized spacial score (nSPS) is 11.9. The Bertz CT molecular complexity index is 771. The van der Waals surface area contributed by atoms with E-state index in [0.717, 1.165) is 23.6 Å². The largest absolute Gasteiger partial charge is 0.444 e. The van der Waals surface area contributed by atoms with Crippen LogP contribution in [-0.2, 0) is 12.0 Å². The van der Waals surface area contributed by atoms with Gasteiger partial charge in [0.25, 0.3) is 0 Å². The van der Waals surface area contributed by atoms with Crippen molar-refractivity contribution in [3.63, 3.8) is 0 Å². The van der Waals surface area contributed by atoms with E-state index in [-0.39, 0.29) is 29.4 Å². The third-order valence-electron chi connectivity index (χ3n) is 4.19. The summed E-state index contributed by atoms with van der Waals surface area (Å²) < 4.78 is 5.58. The van der Waals surface area contributed by atoms with Gasteiger partial charge in [-0.15, -0.1) is 24.0 Å². The summed E-state index contributed by atoms with van der Waals surface area (Å²) in [5.74, 6) is 2.16. The molecule has 0 aliphatic rings. The van der Waals surface area contributed by atoms with Crippen LogP contribution in [0.2, 0.25) is 10.0 Å². The van der Waals surface area contributed by atoms with Crippen LogP contribution in [0, 0.1) is 13.8 Å². The highest BCUT2D eigenvalue weighted by Gasteiger charge is 2.22. The van der Waals surface area contributed by atoms with E-state index in [0.29, 0.717) is 35.0 Å². The molecule has 2 rings (SSSR count). The maximum Gasteiger partial charge on any atom is 0.216 e. The summed E-state index contributed by atoms with van der Waals surface area (Å²) in [6, 6.07) is 5.74. The highest BCUT2D eigenvalue weighted by atomic mass is 127. The van der Waals surface area contributed by atoms with Crippen LogP contribution in [0.5, 0.6) is 0 Å². The third-order valence-corrected chi connectivity index (χ3v) is 4.93. The minimum absolute atomic E-state index is 0. The van der Waals surface area contributed by atoms with Crippen molar-refractivity contribution >= 4 is 53.1 Å². The zero-order valence-corrected chi connectivity index (χ0v) is 20.2. The number of guanidine groups is 1. The summed E-state index contributed by atoms with van der Waals surface area (Å²) in [7, 11) is 0. The molecule has 1 aromatic carbocycles. The molecule has 0 aliphatic heterocycles. The molecule has 2 aromatic rings. The minimum Gasteiger partial charge on any atom is -0.444 e. The number of benzene rings is 1. The first-order valence-electron chi connectivity index (χ1n) is 8.63. The van der Waals surface area contributed by atoms with Crippen molar-refractivity contribution in [1.82, 2.24) is 15.6 Å². The lowest BCUT2D eigenvalue weighted by atomic mass is 9.84. The van der Waals surface area contributed by atoms with Crippen molar-refractivity contribution in [2.45, 2.75) is 46.6 Å². The molecule has 1 heterocycles. The zero-order valence-electron chi connectivity index (χ0n) is 16.3. The highest BCUT2D eigenvalue weighted by molar-refractivity contribution is 14.0. The van der Waals surface area contributed by atoms with E-state index in [4.69, 9.17) is 27.6 Å². The first-order chi connectivity index (χ1) is 12.2. The molecule has 5 nitrogen and oxygen atoms in total. The van der Waals surface area contributed by atoms with Gasteiger partial charge in [0.2, 0.25) is 5.89 Å². The molecule has 0 saturated carbocycles. The van der Waals surface area contributed by atoms with Crippen LogP contribution < -0.4 is 10.6 Å². The second kappa shape index (κ2) is 10.5. The number of nitrogens with one attached hydrogen (secondary N) is 2. The Labute approximate surface area is 188 Å². The number of aliphatic imine (C=N–C) groups is 1. The van der Waals surface area contributed by atoms with Crippen LogP contribution in [0.3, 0.4) is 0 Å². The number of oxazole rings is 1. The average Bonchev–Trinajstić information content (AvgIpc) is 2.91. The SMILES string of the molecule is CCNC(=NCc1nc(C)c(C)o1)NCC(C)(C)c1ccc(Cl)c(Cl)c1.I. The lowest BCUT2D eigenvalue weighted by molar-refractivity contribution is 0.471. The molecule has 0 bridgehead atoms. The average molecular weight is 525 g/mol. The molecule has 0 saturated heterocycles. The molecule has 0 unspecified atom stereocenters. The zero-order chi connectivity index (χ0) is 19.3. The van der Waals surface area contributed by atoms with Crippen LogP contribution >= 0.6 is 47.2 Å². The fraction of sp³-hybridized carbons (Fsp3) is 0.474. The standard InChI is InChI=1S/C19H26Cl2N4O.HI/c1-6-22-18(23-10-17-25-12(2)13(3)26-17)24-11-19(4,5)14-7-8-15(20)16(21)9-14;/h7-9H,6,10-11H2,1-5H3,(H2,22,23,24);1H. The Kier molecular flexibility index (Phi) is 9.38. The molecule has 8 heteroatoms. The van der Waals surface area contributed by atoms with E-state index >= 15 is 0 Å². The van der Waals surface area contributed by atoms with Gasteiger partial charge in [-0.2, -0.15) is 0 Å². The summed E-state index contributed by atoms with van der Waals surface area (Å²) in [6.45, 7) is 12.0. The Balaban J connectivity index is 0.00000364. The number of hydrogen-bond donors (Lipinski definition) is 2. The maximum atomic E-state index is 6.16. The molecule has 0 fully saturated rings. The molecule has 0 amide bonds. The first kappa shape index (κ1) is 24.0. The van der Waals surface area contributed by atoms with Crippen LogP contribution in [0.25, 0.3) is 0 Å². The second-order valence-electron chi connectivity index (χ2n) is 6.81. The van der Waals surface area contributed by atoms with Gasteiger partial charge in [-0.05, 0) is 38.5 Å². The van der Waals surface area contributed by atoms with Gasteiger partial charge in [0.05, 0.1) is 15.7 Å². The summed E-state index contributed by atoms with van der Waals surface area (Å²) in [6.07, 6.45) is 0. The molecule has 1 aromatic heterocycles. The summed E-state index contributed by atoms with van der Waals surface area (Å²) in [5, 5.41) is 7.74. The molecule has 0 atom stereocenters. The van der Waals surface area contributed by atoms with Gasteiger partial charge in [-0.25, -0.2) is 9.98 Å². The van der Waals surface area contributed by atoms with E-state index in [1.165, 1.54) is 0 Å². The van der Waals surface area contributed by atoms with E-state index < -0.39 is 0 Å². The number of rotatable bonds is 6. The van der Waals surface area contributed by atoms with Crippen molar-refractivity contribution in [2.75, 3.05) is 13.1 Å². The van der Waals surface area contributed by atoms with Gasteiger partial charge in [0.1, 0.15) is 12.3 Å². The van der Waals surface area contributed by atoms with Crippen LogP contribution in [-0.4, -0.2) is 24.0 Å². The molecule has 27 heavy (non-hydrogen) atoms. The molecule has 0 spiro atoms. The highest BCUT2D eigenvalue weighted by Crippen LogP contribution is 2.29. The smallest absolute Gasteiger partial charge is 0.216 e. The van der Waals surface area contributed by atoms with Crippen molar-refractivity contribution in [3.05, 3.63) is 51.2 Å². The number of aryl methyl sites for hydroxylation is 2. The van der Waals surface area contributed by atoms with E-state index in [1.54, 1.807) is 0 Å². The van der Waals surface area contributed by atoms with Crippen molar-refractivity contribution in [2.24, 2.45) is 4.99 Å². The quantitative estimate of drug-likeness (QED) is 0.308. The van der Waals surface area contributed by atoms with Crippen LogP contribution in [0.4, 0.5) is 0 Å². The monoisotopic (exact) mass is 524 g/mol. The Hall–Kier alpha value is -0.990. The molecule has 150 valence electrons. The third kappa shape index (κ3) is 6.84. The van der Waals surface area contributed by atoms with Crippen molar-refractivity contribution < 1.29 is 4.42 Å². The molecular formula is C19H27Cl2IN4O. The topological polar surface area (TPSA) is 62.5 Å². The Morgan fingerprint density at radius 1 is 1.19 bits per heavy atom. The fourth-order valence-electron chi connectivity index (χ4n) is 2.42. The van der Waals surface area contributed by atoms with Crippen molar-refractivity contribution in [1.29, 1.82) is 0 Å². The maximum absolute atomic E-state index is 6.16. The van der Waals surface area contributed by atoms with Crippen molar-refractivity contribution in [3.8, 4) is 0 Å². The Morgan fingerprint density at radius 3 is 2.44 bits per heavy atom. The number of hydrogen-bond acceptors (Lipinski definition) is 3. The first-order valence-corrected chi connectivity index (χ1v) is 9.39. The minimum atomic E-state index is -0.152. The fourth-order valence-corrected chi connectivity index (χ4v) is 2.72. The van der Waals surface area contributed by atoms with E-state index in [1.807, 2.05) is 39.0 Å². The van der Waals surface area contributed by atoms with Crippen LogP contribution in [0.1, 0.15) is 43.7 Å². The van der Waals surface area contributed by atoms with Gasteiger partial charge in [0.15, 0.2) is 5.96 Å². The number of nitrogens with zero attached hydrogens (tertiary/aromatic N) is 2. The molecule has 0 radical (unpaired) electrons. The molecule has 2 N–H and O–H groups in total. The van der Waals surface area contributed by atoms with E-state index in [2.05, 4.69) is 34.5 Å². The van der Waals surface area contributed by atoms with Gasteiger partial charge in [0, 0.05) is 18.5 Å². The van der Waals surface area contributed by atoms with Gasteiger partial charge in [-0.3, -0.25) is 0 Å². The predicted molar refractivity (Wildman–Crippen MR) is 124 cm³/mol. The van der Waals surface area contributed by atoms with E-state index in [9.17, 15) is 0 Å². The van der Waals surface area contributed by atoms with Gasteiger partial charge >= 0.3 is 0 Å².